The molecule has 0 spiro atoms. The van der Waals surface area contributed by atoms with E-state index >= 15 is 4.39 Å². The van der Waals surface area contributed by atoms with Crippen LogP contribution < -0.4 is 10.1 Å². The molecule has 2 aliphatic heterocycles. The Morgan fingerprint density at radius 1 is 1.38 bits per heavy atom. The van der Waals surface area contributed by atoms with Crippen LogP contribution in [-0.4, -0.2) is 86.9 Å². The maximum Gasteiger partial charge on any atom is 0.407 e. The van der Waals surface area contributed by atoms with Gasteiger partial charge in [-0.1, -0.05) is 11.6 Å². The van der Waals surface area contributed by atoms with Crippen molar-refractivity contribution in [2.24, 2.45) is 0 Å². The number of rotatable bonds is 7. The number of nitrogens with zero attached hydrogens (tertiary/aromatic N) is 4. The number of pyridine rings is 1. The molecule has 2 aromatic rings. The zero-order valence-electron chi connectivity index (χ0n) is 19.7. The van der Waals surface area contributed by atoms with Gasteiger partial charge in [-0.15, -0.1) is 0 Å². The predicted octanol–water partition coefficient (Wildman–Crippen LogP) is 4.18. The molecule has 1 aromatic carbocycles. The second-order valence-corrected chi connectivity index (χ2v) is 10.3. The Morgan fingerprint density at radius 3 is 2.59 bits per heavy atom. The number of nitrogens with one attached hydrogen (secondary N) is 1. The molecule has 12 nitrogen and oxygen atoms in total. The van der Waals surface area contributed by atoms with Crippen molar-refractivity contribution in [1.82, 2.24) is 14.8 Å². The van der Waals surface area contributed by atoms with E-state index in [1.165, 1.54) is 6.07 Å². The molecule has 3 N–H and O–H groups in total. The molecule has 37 heavy (non-hydrogen) atoms. The van der Waals surface area contributed by atoms with Crippen molar-refractivity contribution in [3.63, 3.8) is 0 Å². The van der Waals surface area contributed by atoms with Gasteiger partial charge in [0, 0.05) is 24.5 Å². The quantitative estimate of drug-likeness (QED) is 0.238. The summed E-state index contributed by atoms with van der Waals surface area (Å²) in [5.74, 6) is -2.69. The fourth-order valence-electron chi connectivity index (χ4n) is 4.75. The minimum atomic E-state index is -1.77. The molecule has 3 heterocycles. The molecule has 2 aliphatic rings. The Balaban J connectivity index is 1.86. The highest BCUT2D eigenvalue weighted by Gasteiger charge is 2.45. The number of carbonyl (C=O) groups is 2. The van der Waals surface area contributed by atoms with Gasteiger partial charge in [0.1, 0.15) is 23.3 Å². The third-order valence-corrected chi connectivity index (χ3v) is 8.29. The first kappa shape index (κ1) is 27.1. The summed E-state index contributed by atoms with van der Waals surface area (Å²) in [6.45, 7) is 0.652. The lowest BCUT2D eigenvalue weighted by Crippen LogP contribution is -2.55. The van der Waals surface area contributed by atoms with Crippen molar-refractivity contribution in [2.45, 2.75) is 37.3 Å². The molecule has 0 radical (unpaired) electrons. The summed E-state index contributed by atoms with van der Waals surface area (Å²) in [5, 5.41) is 34.2. The fraction of sp³-hybridized carbons (Fsp3) is 0.500. The molecule has 15 heteroatoms. The van der Waals surface area contributed by atoms with Crippen molar-refractivity contribution in [3.05, 3.63) is 31.5 Å². The summed E-state index contributed by atoms with van der Waals surface area (Å²) in [6.07, 6.45) is 0.155. The number of carboxylic acids is 1. The van der Waals surface area contributed by atoms with Crippen LogP contribution in [0.2, 0.25) is 5.02 Å². The number of carboxylic acid groups (broad SMARTS) is 2. The average Bonchev–Trinajstić information content (AvgIpc) is 3.26. The van der Waals surface area contributed by atoms with Crippen LogP contribution in [0.25, 0.3) is 10.9 Å². The van der Waals surface area contributed by atoms with E-state index in [4.69, 9.17) is 16.3 Å². The topological polar surface area (TPSA) is 158 Å². The van der Waals surface area contributed by atoms with Gasteiger partial charge in [0.2, 0.25) is 0 Å². The number of hydrogen-bond donors (Lipinski definition) is 3. The highest BCUT2D eigenvalue weighted by molar-refractivity contribution is 9.10. The van der Waals surface area contributed by atoms with E-state index in [1.54, 1.807) is 0 Å². The highest BCUT2D eigenvalue weighted by atomic mass is 79.9. The molecule has 0 bridgehead atoms. The molecular formula is C22H24BrClFN5O7. The lowest BCUT2D eigenvalue weighted by atomic mass is 9.87. The smallest absolute Gasteiger partial charge is 0.407 e. The van der Waals surface area contributed by atoms with Gasteiger partial charge in [-0.2, -0.15) is 0 Å². The average molecular weight is 605 g/mol. The van der Waals surface area contributed by atoms with Gasteiger partial charge in [0.05, 0.1) is 14.4 Å². The van der Waals surface area contributed by atoms with Gasteiger partial charge in [-0.3, -0.25) is 10.1 Å². The van der Waals surface area contributed by atoms with Crippen molar-refractivity contribution in [1.29, 1.82) is 0 Å². The number of amides is 1. The molecule has 4 rings (SSSR count). The monoisotopic (exact) mass is 603 g/mol. The standard InChI is InChI=1S/C22H24BrClFN5O7/c1-28-6-2-3-11(28)10-37-19-18(30(35)36)17(12-9-13(24)14(23)15(25)16(12)26-19)27-22(20(31)32)4-7-29(8-5-22)21(33)34/h9,11H,2-8,10H2,1H3,(H,26,27)(H,31,32)(H,33,34)/t11-/m0/s1. The van der Waals surface area contributed by atoms with E-state index in [0.717, 1.165) is 24.3 Å². The number of halogens is 3. The highest BCUT2D eigenvalue weighted by Crippen LogP contribution is 2.45. The Hall–Kier alpha value is -2.97. The Morgan fingerprint density at radius 2 is 2.05 bits per heavy atom. The second-order valence-electron chi connectivity index (χ2n) is 9.15. The number of likely N-dealkylation sites (tertiary alicyclic amines) is 2. The Bertz CT molecular complexity index is 1270. The maximum atomic E-state index is 15.3. The largest absolute Gasteiger partial charge is 0.480 e. The van der Waals surface area contributed by atoms with E-state index < -0.39 is 39.9 Å². The molecule has 2 saturated heterocycles. The number of anilines is 1. The van der Waals surface area contributed by atoms with Gasteiger partial charge in [-0.25, -0.2) is 19.0 Å². The first-order valence-electron chi connectivity index (χ1n) is 11.4. The van der Waals surface area contributed by atoms with Crippen LogP contribution in [0, 0.1) is 15.9 Å². The minimum Gasteiger partial charge on any atom is -0.480 e. The lowest BCUT2D eigenvalue weighted by molar-refractivity contribution is -0.385. The third kappa shape index (κ3) is 5.09. The first-order chi connectivity index (χ1) is 17.4. The van der Waals surface area contributed by atoms with Gasteiger partial charge in [0.15, 0.2) is 5.82 Å². The number of ether oxygens (including phenoxy) is 1. The van der Waals surface area contributed by atoms with Gasteiger partial charge >= 0.3 is 17.7 Å². The lowest BCUT2D eigenvalue weighted by Gasteiger charge is -2.38. The zero-order chi connectivity index (χ0) is 27.1. The van der Waals surface area contributed by atoms with E-state index in [2.05, 4.69) is 26.2 Å². The summed E-state index contributed by atoms with van der Waals surface area (Å²) >= 11 is 9.20. The number of nitro groups is 1. The summed E-state index contributed by atoms with van der Waals surface area (Å²) in [7, 11) is 1.90. The van der Waals surface area contributed by atoms with Crippen LogP contribution in [0.3, 0.4) is 0 Å². The van der Waals surface area contributed by atoms with Crippen LogP contribution in [0.4, 0.5) is 20.6 Å². The van der Waals surface area contributed by atoms with Gasteiger partial charge < -0.3 is 30.1 Å². The summed E-state index contributed by atoms with van der Waals surface area (Å²) < 4.78 is 20.9. The van der Waals surface area contributed by atoms with Crippen molar-refractivity contribution in [3.8, 4) is 5.88 Å². The molecule has 0 unspecified atom stereocenters. The molecule has 1 aromatic heterocycles. The number of likely N-dealkylation sites (N-methyl/N-ethyl adjacent to an activating group) is 1. The number of hydrogen-bond acceptors (Lipinski definition) is 8. The number of fused-ring (bicyclic) bond motifs is 1. The number of piperidine rings is 1. The first-order valence-corrected chi connectivity index (χ1v) is 12.6. The van der Waals surface area contributed by atoms with Crippen LogP contribution in [0.5, 0.6) is 5.88 Å². The molecule has 200 valence electrons. The normalized spacial score (nSPS) is 19.7. The van der Waals surface area contributed by atoms with Crippen LogP contribution in [-0.2, 0) is 4.79 Å². The van der Waals surface area contributed by atoms with E-state index in [1.807, 2.05) is 11.9 Å². The van der Waals surface area contributed by atoms with Crippen LogP contribution in [0.15, 0.2) is 10.5 Å². The molecule has 1 amide bonds. The molecule has 0 aliphatic carbocycles. The molecule has 1 atom stereocenters. The third-order valence-electron chi connectivity index (χ3n) is 6.99. The molecule has 0 saturated carbocycles. The summed E-state index contributed by atoms with van der Waals surface area (Å²) in [5.41, 5.74) is -3.05. The number of benzene rings is 1. The van der Waals surface area contributed by atoms with Crippen LogP contribution in [0.1, 0.15) is 25.7 Å². The van der Waals surface area contributed by atoms with Crippen molar-refractivity contribution < 1.29 is 33.9 Å². The minimum absolute atomic E-state index is 0.0268. The van der Waals surface area contributed by atoms with Crippen molar-refractivity contribution in [2.75, 3.05) is 38.6 Å². The maximum absolute atomic E-state index is 15.3. The second kappa shape index (κ2) is 10.4. The number of aromatic nitrogens is 1. The van der Waals surface area contributed by atoms with E-state index in [0.29, 0.717) is 0 Å². The molecule has 2 fully saturated rings. The Labute approximate surface area is 223 Å². The fourth-order valence-corrected chi connectivity index (χ4v) is 5.24. The summed E-state index contributed by atoms with van der Waals surface area (Å²) in [6, 6.07) is 1.23. The van der Waals surface area contributed by atoms with Gasteiger partial charge in [-0.05, 0) is 61.3 Å². The van der Waals surface area contributed by atoms with E-state index in [9.17, 15) is 29.9 Å². The SMILES string of the molecule is CN1CCC[C@H]1COc1nc2c(F)c(Br)c(Cl)cc2c(NC2(C(=O)O)CCN(C(=O)O)CC2)c1[N+](=O)[O-]. The van der Waals surface area contributed by atoms with Crippen LogP contribution >= 0.6 is 27.5 Å². The Kier molecular flexibility index (Phi) is 7.62. The summed E-state index contributed by atoms with van der Waals surface area (Å²) in [4.78, 5) is 42.5. The van der Waals surface area contributed by atoms with Crippen molar-refractivity contribution >= 4 is 61.9 Å². The molecular weight excluding hydrogens is 581 g/mol. The zero-order valence-corrected chi connectivity index (χ0v) is 22.0. The predicted molar refractivity (Wildman–Crippen MR) is 135 cm³/mol. The number of aliphatic carboxylic acids is 1. The van der Waals surface area contributed by atoms with E-state index in [-0.39, 0.29) is 64.7 Å². The van der Waals surface area contributed by atoms with Gasteiger partial charge in [0.25, 0.3) is 5.88 Å².